The Balaban J connectivity index is 2.17. The van der Waals surface area contributed by atoms with Gasteiger partial charge in [-0.05, 0) is 18.2 Å². The molecule has 2 aromatic heterocycles. The summed E-state index contributed by atoms with van der Waals surface area (Å²) in [5.74, 6) is -0.0293. The molecule has 1 aromatic carbocycles. The molecule has 6 heteroatoms. The molecule has 3 rings (SSSR count). The first-order valence-corrected chi connectivity index (χ1v) is 5.66. The van der Waals surface area contributed by atoms with Crippen LogP contribution in [0.2, 0.25) is 0 Å². The minimum atomic E-state index is -0.0293. The maximum Gasteiger partial charge on any atom is 0.188 e. The van der Waals surface area contributed by atoms with Crippen molar-refractivity contribution in [1.82, 2.24) is 14.8 Å². The van der Waals surface area contributed by atoms with Crippen molar-refractivity contribution in [2.45, 2.75) is 0 Å². The maximum absolute atomic E-state index is 8.68. The van der Waals surface area contributed by atoms with E-state index in [9.17, 15) is 0 Å². The fourth-order valence-electron chi connectivity index (χ4n) is 1.92. The van der Waals surface area contributed by atoms with E-state index in [1.807, 2.05) is 30.3 Å². The Morgan fingerprint density at radius 3 is 2.95 bits per heavy atom. The molecule has 94 valence electrons. The fraction of sp³-hybridized carbons (Fsp3) is 0. The first kappa shape index (κ1) is 11.2. The number of pyridine rings is 1. The van der Waals surface area contributed by atoms with Gasteiger partial charge in [0.2, 0.25) is 0 Å². The summed E-state index contributed by atoms with van der Waals surface area (Å²) in [5, 5.41) is 17.0. The van der Waals surface area contributed by atoms with Crippen LogP contribution in [-0.2, 0) is 0 Å². The zero-order valence-electron chi connectivity index (χ0n) is 9.93. The van der Waals surface area contributed by atoms with E-state index < -0.39 is 0 Å². The minimum Gasteiger partial charge on any atom is -0.409 e. The van der Waals surface area contributed by atoms with Crippen molar-refractivity contribution in [2.75, 3.05) is 0 Å². The third kappa shape index (κ3) is 1.89. The van der Waals surface area contributed by atoms with Crippen molar-refractivity contribution < 1.29 is 5.21 Å². The van der Waals surface area contributed by atoms with E-state index in [4.69, 9.17) is 10.9 Å². The lowest BCUT2D eigenvalue weighted by atomic mass is 10.2. The van der Waals surface area contributed by atoms with E-state index in [2.05, 4.69) is 15.2 Å². The predicted molar refractivity (Wildman–Crippen MR) is 71.4 cm³/mol. The van der Waals surface area contributed by atoms with Crippen LogP contribution in [0, 0.1) is 0 Å². The standard InChI is InChI=1S/C13H11N5O/c14-13(17-19)11-7-10(5-6-15-11)18-12-4-2-1-3-9(12)8-16-18/h1-8,19H,(H2,14,17). The van der Waals surface area contributed by atoms with Crippen LogP contribution in [-0.4, -0.2) is 25.8 Å². The average molecular weight is 253 g/mol. The molecule has 2 heterocycles. The molecule has 3 aromatic rings. The highest BCUT2D eigenvalue weighted by molar-refractivity contribution is 5.95. The van der Waals surface area contributed by atoms with Crippen LogP contribution in [0.5, 0.6) is 0 Å². The predicted octanol–water partition coefficient (Wildman–Crippen LogP) is 1.51. The molecule has 3 N–H and O–H groups in total. The van der Waals surface area contributed by atoms with Gasteiger partial charge in [-0.25, -0.2) is 4.68 Å². The van der Waals surface area contributed by atoms with Gasteiger partial charge in [-0.3, -0.25) is 4.98 Å². The van der Waals surface area contributed by atoms with Gasteiger partial charge in [-0.15, -0.1) is 0 Å². The lowest BCUT2D eigenvalue weighted by Crippen LogP contribution is -2.15. The third-order valence-corrected chi connectivity index (χ3v) is 2.84. The largest absolute Gasteiger partial charge is 0.409 e. The fourth-order valence-corrected chi connectivity index (χ4v) is 1.92. The molecule has 6 nitrogen and oxygen atoms in total. The van der Waals surface area contributed by atoms with Crippen LogP contribution in [0.15, 0.2) is 53.9 Å². The molecule has 0 amide bonds. The van der Waals surface area contributed by atoms with Crippen molar-refractivity contribution in [3.05, 3.63) is 54.5 Å². The number of rotatable bonds is 2. The molecule has 0 radical (unpaired) electrons. The number of amidine groups is 1. The van der Waals surface area contributed by atoms with E-state index in [-0.39, 0.29) is 5.84 Å². The van der Waals surface area contributed by atoms with Crippen molar-refractivity contribution >= 4 is 16.7 Å². The summed E-state index contributed by atoms with van der Waals surface area (Å²) in [6.07, 6.45) is 3.39. The Morgan fingerprint density at radius 2 is 2.11 bits per heavy atom. The third-order valence-electron chi connectivity index (χ3n) is 2.84. The summed E-state index contributed by atoms with van der Waals surface area (Å²) in [6, 6.07) is 11.4. The summed E-state index contributed by atoms with van der Waals surface area (Å²) in [5.41, 5.74) is 7.73. The molecular formula is C13H11N5O. The Morgan fingerprint density at radius 1 is 1.26 bits per heavy atom. The topological polar surface area (TPSA) is 89.3 Å². The Kier molecular flexibility index (Phi) is 2.60. The summed E-state index contributed by atoms with van der Waals surface area (Å²) < 4.78 is 1.78. The zero-order chi connectivity index (χ0) is 13.2. The van der Waals surface area contributed by atoms with Gasteiger partial charge in [0.1, 0.15) is 5.69 Å². The second-order valence-electron chi connectivity index (χ2n) is 4.00. The Hall–Kier alpha value is -2.89. The van der Waals surface area contributed by atoms with Crippen LogP contribution in [0.4, 0.5) is 0 Å². The van der Waals surface area contributed by atoms with Gasteiger partial charge in [-0.2, -0.15) is 5.10 Å². The van der Waals surface area contributed by atoms with Gasteiger partial charge in [0.25, 0.3) is 0 Å². The Labute approximate surface area is 108 Å². The van der Waals surface area contributed by atoms with Crippen LogP contribution in [0.1, 0.15) is 5.69 Å². The number of aromatic nitrogens is 3. The van der Waals surface area contributed by atoms with Crippen molar-refractivity contribution in [3.63, 3.8) is 0 Å². The summed E-state index contributed by atoms with van der Waals surface area (Å²) in [4.78, 5) is 4.04. The van der Waals surface area contributed by atoms with Gasteiger partial charge < -0.3 is 10.9 Å². The van der Waals surface area contributed by atoms with Gasteiger partial charge in [0.05, 0.1) is 17.4 Å². The highest BCUT2D eigenvalue weighted by atomic mass is 16.4. The van der Waals surface area contributed by atoms with Gasteiger partial charge in [0, 0.05) is 11.6 Å². The monoisotopic (exact) mass is 253 g/mol. The van der Waals surface area contributed by atoms with Gasteiger partial charge in [0.15, 0.2) is 5.84 Å². The number of hydrogen-bond acceptors (Lipinski definition) is 4. The molecule has 0 fully saturated rings. The number of hydrogen-bond donors (Lipinski definition) is 2. The maximum atomic E-state index is 8.68. The van der Waals surface area contributed by atoms with E-state index in [1.54, 1.807) is 23.1 Å². The van der Waals surface area contributed by atoms with Crippen LogP contribution in [0.3, 0.4) is 0 Å². The number of nitrogens with zero attached hydrogens (tertiary/aromatic N) is 4. The van der Waals surface area contributed by atoms with Crippen molar-refractivity contribution in [3.8, 4) is 5.69 Å². The van der Waals surface area contributed by atoms with Crippen LogP contribution in [0.25, 0.3) is 16.6 Å². The van der Waals surface area contributed by atoms with E-state index in [0.717, 1.165) is 16.6 Å². The molecule has 0 bridgehead atoms. The molecule has 0 aliphatic heterocycles. The highest BCUT2D eigenvalue weighted by Crippen LogP contribution is 2.17. The second-order valence-corrected chi connectivity index (χ2v) is 4.00. The second kappa shape index (κ2) is 4.41. The summed E-state index contributed by atoms with van der Waals surface area (Å²) in [7, 11) is 0. The highest BCUT2D eigenvalue weighted by Gasteiger charge is 2.07. The molecule has 0 spiro atoms. The number of fused-ring (bicyclic) bond motifs is 1. The van der Waals surface area contributed by atoms with Crippen molar-refractivity contribution in [2.24, 2.45) is 10.9 Å². The molecule has 0 saturated carbocycles. The van der Waals surface area contributed by atoms with E-state index >= 15 is 0 Å². The lowest BCUT2D eigenvalue weighted by Gasteiger charge is -2.05. The van der Waals surface area contributed by atoms with Gasteiger partial charge >= 0.3 is 0 Å². The molecule has 0 unspecified atom stereocenters. The number of para-hydroxylation sites is 1. The molecule has 19 heavy (non-hydrogen) atoms. The lowest BCUT2D eigenvalue weighted by molar-refractivity contribution is 0.318. The molecule has 0 atom stereocenters. The van der Waals surface area contributed by atoms with E-state index in [0.29, 0.717) is 5.69 Å². The summed E-state index contributed by atoms with van der Waals surface area (Å²) >= 11 is 0. The number of benzene rings is 1. The van der Waals surface area contributed by atoms with Crippen molar-refractivity contribution in [1.29, 1.82) is 0 Å². The molecule has 0 aliphatic rings. The normalized spacial score (nSPS) is 11.9. The molecule has 0 saturated heterocycles. The van der Waals surface area contributed by atoms with Crippen LogP contribution < -0.4 is 5.73 Å². The Bertz CT molecular complexity index is 762. The first-order valence-electron chi connectivity index (χ1n) is 5.66. The van der Waals surface area contributed by atoms with Gasteiger partial charge in [-0.1, -0.05) is 23.4 Å². The van der Waals surface area contributed by atoms with E-state index in [1.165, 1.54) is 0 Å². The smallest absolute Gasteiger partial charge is 0.188 e. The summed E-state index contributed by atoms with van der Waals surface area (Å²) in [6.45, 7) is 0. The number of nitrogens with two attached hydrogens (primary N) is 1. The zero-order valence-corrected chi connectivity index (χ0v) is 9.93. The SMILES string of the molecule is NC(=NO)c1cc(-n2ncc3ccccc32)ccn1. The number of oxime groups is 1. The van der Waals surface area contributed by atoms with Crippen LogP contribution >= 0.6 is 0 Å². The molecule has 0 aliphatic carbocycles. The first-order chi connectivity index (χ1) is 9.29. The quantitative estimate of drug-likeness (QED) is 0.313. The minimum absolute atomic E-state index is 0.0293. The average Bonchev–Trinajstić information content (AvgIpc) is 2.90. The molecular weight excluding hydrogens is 242 g/mol.